The Kier molecular flexibility index (Phi) is 2.33. The first kappa shape index (κ1) is 9.66. The van der Waals surface area contributed by atoms with Crippen molar-refractivity contribution in [2.24, 2.45) is 5.73 Å². The zero-order chi connectivity index (χ0) is 10.1. The molecular formula is C7H12N4O2. The Morgan fingerprint density at radius 1 is 1.77 bits per heavy atom. The molecular weight excluding hydrogens is 172 g/mol. The molecule has 0 radical (unpaired) electrons. The molecule has 6 heteroatoms. The molecule has 72 valence electrons. The molecule has 0 aliphatic carbocycles. The fourth-order valence-electron chi connectivity index (χ4n) is 0.842. The van der Waals surface area contributed by atoms with Crippen LogP contribution in [0.4, 0.5) is 5.82 Å². The fraction of sp³-hybridized carbons (Fsp3) is 0.571. The van der Waals surface area contributed by atoms with Gasteiger partial charge in [-0.2, -0.15) is 4.68 Å². The number of nitrogens with zero attached hydrogens (tertiary/aromatic N) is 3. The van der Waals surface area contributed by atoms with Crippen molar-refractivity contribution >= 4 is 5.82 Å². The molecule has 0 aliphatic heterocycles. The molecule has 1 heterocycles. The Labute approximate surface area is 75.5 Å². The summed E-state index contributed by atoms with van der Waals surface area (Å²) >= 11 is 0. The van der Waals surface area contributed by atoms with Gasteiger partial charge < -0.3 is 15.8 Å². The fourth-order valence-corrected chi connectivity index (χ4v) is 0.842. The normalized spacial score (nSPS) is 11.6. The average molecular weight is 184 g/mol. The van der Waals surface area contributed by atoms with Crippen molar-refractivity contribution in [1.29, 1.82) is 0 Å². The van der Waals surface area contributed by atoms with Gasteiger partial charge in [0.05, 0.1) is 22.9 Å². The van der Waals surface area contributed by atoms with E-state index in [1.165, 1.54) is 10.7 Å². The number of nitro groups is 1. The standard InChI is InChI=1S/C7H12N4O2/c1-7(2,5-8)10-4-3-6(9-10)11(12)13/h3-4H,5,8H2,1-2H3. The van der Waals surface area contributed by atoms with Gasteiger partial charge in [-0.15, -0.1) is 0 Å². The number of rotatable bonds is 3. The van der Waals surface area contributed by atoms with Crippen LogP contribution in [-0.4, -0.2) is 21.2 Å². The molecule has 0 unspecified atom stereocenters. The van der Waals surface area contributed by atoms with Crippen LogP contribution in [-0.2, 0) is 5.54 Å². The van der Waals surface area contributed by atoms with Gasteiger partial charge in [0, 0.05) is 6.54 Å². The molecule has 1 aromatic heterocycles. The maximum Gasteiger partial charge on any atom is 0.389 e. The van der Waals surface area contributed by atoms with E-state index >= 15 is 0 Å². The van der Waals surface area contributed by atoms with Crippen LogP contribution in [0.1, 0.15) is 13.8 Å². The summed E-state index contributed by atoms with van der Waals surface area (Å²) in [6.45, 7) is 4.11. The highest BCUT2D eigenvalue weighted by Gasteiger charge is 2.24. The lowest BCUT2D eigenvalue weighted by Crippen LogP contribution is -2.35. The van der Waals surface area contributed by atoms with Gasteiger partial charge in [-0.25, -0.2) is 0 Å². The molecule has 0 amide bonds. The van der Waals surface area contributed by atoms with Crippen LogP contribution in [0.3, 0.4) is 0 Å². The van der Waals surface area contributed by atoms with E-state index in [9.17, 15) is 10.1 Å². The molecule has 0 saturated carbocycles. The maximum atomic E-state index is 10.3. The van der Waals surface area contributed by atoms with Crippen LogP contribution in [0.25, 0.3) is 0 Å². The molecule has 0 bridgehead atoms. The first-order valence-electron chi connectivity index (χ1n) is 3.88. The SMILES string of the molecule is CC(C)(CN)n1ccc([N+](=O)[O-])n1. The summed E-state index contributed by atoms with van der Waals surface area (Å²) < 4.78 is 1.51. The minimum absolute atomic E-state index is 0.151. The molecule has 0 spiro atoms. The van der Waals surface area contributed by atoms with Crippen LogP contribution in [0.5, 0.6) is 0 Å². The first-order valence-corrected chi connectivity index (χ1v) is 3.88. The average Bonchev–Trinajstić information content (AvgIpc) is 2.52. The Hall–Kier alpha value is -1.43. The van der Waals surface area contributed by atoms with Crippen LogP contribution in [0.2, 0.25) is 0 Å². The topological polar surface area (TPSA) is 87.0 Å². The van der Waals surface area contributed by atoms with Gasteiger partial charge in [-0.1, -0.05) is 0 Å². The van der Waals surface area contributed by atoms with Gasteiger partial charge in [0.25, 0.3) is 0 Å². The highest BCUT2D eigenvalue weighted by Crippen LogP contribution is 2.15. The summed E-state index contributed by atoms with van der Waals surface area (Å²) in [5.74, 6) is -0.151. The molecule has 1 rings (SSSR count). The third kappa shape index (κ3) is 1.83. The third-order valence-electron chi connectivity index (χ3n) is 1.88. The molecule has 1 aromatic rings. The highest BCUT2D eigenvalue weighted by molar-refractivity contribution is 5.15. The maximum absolute atomic E-state index is 10.3. The summed E-state index contributed by atoms with van der Waals surface area (Å²) in [6.07, 6.45) is 1.56. The second kappa shape index (κ2) is 3.14. The van der Waals surface area contributed by atoms with Crippen molar-refractivity contribution < 1.29 is 4.92 Å². The molecule has 0 saturated heterocycles. The van der Waals surface area contributed by atoms with Gasteiger partial charge >= 0.3 is 5.82 Å². The zero-order valence-electron chi connectivity index (χ0n) is 7.60. The number of hydrogen-bond acceptors (Lipinski definition) is 4. The van der Waals surface area contributed by atoms with Crippen molar-refractivity contribution in [3.8, 4) is 0 Å². The van der Waals surface area contributed by atoms with Crippen molar-refractivity contribution in [3.05, 3.63) is 22.4 Å². The van der Waals surface area contributed by atoms with Crippen LogP contribution in [0.15, 0.2) is 12.3 Å². The van der Waals surface area contributed by atoms with E-state index < -0.39 is 4.92 Å². The summed E-state index contributed by atoms with van der Waals surface area (Å²) in [5.41, 5.74) is 5.11. The van der Waals surface area contributed by atoms with Crippen LogP contribution >= 0.6 is 0 Å². The summed E-state index contributed by atoms with van der Waals surface area (Å²) in [4.78, 5) is 9.80. The first-order chi connectivity index (χ1) is 5.97. The summed E-state index contributed by atoms with van der Waals surface area (Å²) in [6, 6.07) is 1.36. The van der Waals surface area contributed by atoms with Crippen molar-refractivity contribution in [3.63, 3.8) is 0 Å². The van der Waals surface area contributed by atoms with E-state index in [0.717, 1.165) is 0 Å². The highest BCUT2D eigenvalue weighted by atomic mass is 16.6. The van der Waals surface area contributed by atoms with E-state index in [1.807, 2.05) is 13.8 Å². The van der Waals surface area contributed by atoms with Crippen LogP contribution < -0.4 is 5.73 Å². The molecule has 0 atom stereocenters. The largest absolute Gasteiger partial charge is 0.389 e. The van der Waals surface area contributed by atoms with E-state index in [2.05, 4.69) is 5.10 Å². The van der Waals surface area contributed by atoms with Gasteiger partial charge in [-0.05, 0) is 18.8 Å². The molecule has 0 aromatic carbocycles. The predicted molar refractivity (Wildman–Crippen MR) is 47.3 cm³/mol. The van der Waals surface area contributed by atoms with Crippen molar-refractivity contribution in [2.45, 2.75) is 19.4 Å². The summed E-state index contributed by atoms with van der Waals surface area (Å²) in [7, 11) is 0. The van der Waals surface area contributed by atoms with Gasteiger partial charge in [-0.3, -0.25) is 0 Å². The van der Waals surface area contributed by atoms with E-state index in [4.69, 9.17) is 5.73 Å². The Bertz CT molecular complexity index is 318. The second-order valence-electron chi connectivity index (χ2n) is 3.39. The Morgan fingerprint density at radius 3 is 2.77 bits per heavy atom. The van der Waals surface area contributed by atoms with Crippen molar-refractivity contribution in [1.82, 2.24) is 9.78 Å². The minimum atomic E-state index is -0.525. The Morgan fingerprint density at radius 2 is 2.38 bits per heavy atom. The van der Waals surface area contributed by atoms with Gasteiger partial charge in [0.15, 0.2) is 0 Å². The van der Waals surface area contributed by atoms with E-state index in [0.29, 0.717) is 6.54 Å². The monoisotopic (exact) mass is 184 g/mol. The molecule has 13 heavy (non-hydrogen) atoms. The lowest BCUT2D eigenvalue weighted by atomic mass is 10.1. The van der Waals surface area contributed by atoms with Gasteiger partial charge in [0.1, 0.15) is 0 Å². The van der Waals surface area contributed by atoms with Crippen molar-refractivity contribution in [2.75, 3.05) is 6.54 Å². The van der Waals surface area contributed by atoms with Gasteiger partial charge in [0.2, 0.25) is 0 Å². The number of aromatic nitrogens is 2. The van der Waals surface area contributed by atoms with Crippen LogP contribution in [0, 0.1) is 10.1 Å². The smallest absolute Gasteiger partial charge is 0.358 e. The van der Waals surface area contributed by atoms with E-state index in [-0.39, 0.29) is 11.4 Å². The molecule has 0 fully saturated rings. The Balaban J connectivity index is 2.98. The molecule has 6 nitrogen and oxygen atoms in total. The second-order valence-corrected chi connectivity index (χ2v) is 3.39. The lowest BCUT2D eigenvalue weighted by molar-refractivity contribution is -0.389. The molecule has 2 N–H and O–H groups in total. The number of hydrogen-bond donors (Lipinski definition) is 1. The number of nitrogens with two attached hydrogens (primary N) is 1. The third-order valence-corrected chi connectivity index (χ3v) is 1.88. The van der Waals surface area contributed by atoms with E-state index in [1.54, 1.807) is 6.20 Å². The minimum Gasteiger partial charge on any atom is -0.358 e. The zero-order valence-corrected chi connectivity index (χ0v) is 7.60. The quantitative estimate of drug-likeness (QED) is 0.546. The summed E-state index contributed by atoms with van der Waals surface area (Å²) in [5, 5.41) is 14.1. The molecule has 0 aliphatic rings. The predicted octanol–water partition coefficient (Wildman–Crippen LogP) is 0.485. The lowest BCUT2D eigenvalue weighted by Gasteiger charge is -2.18.